The molecule has 0 spiro atoms. The molecule has 1 aliphatic rings. The summed E-state index contributed by atoms with van der Waals surface area (Å²) in [6, 6.07) is 10.9. The molecule has 0 aliphatic carbocycles. The third-order valence-corrected chi connectivity index (χ3v) is 6.27. The van der Waals surface area contributed by atoms with Crippen LogP contribution in [0.1, 0.15) is 49.8 Å². The van der Waals surface area contributed by atoms with Crippen molar-refractivity contribution in [2.45, 2.75) is 39.7 Å². The van der Waals surface area contributed by atoms with Crippen molar-refractivity contribution in [3.05, 3.63) is 47.8 Å². The normalized spacial score (nSPS) is 14.7. The monoisotopic (exact) mass is 478 g/mol. The summed E-state index contributed by atoms with van der Waals surface area (Å²) >= 11 is 0. The van der Waals surface area contributed by atoms with E-state index >= 15 is 0 Å². The highest BCUT2D eigenvalue weighted by molar-refractivity contribution is 5.92. The first-order valence-corrected chi connectivity index (χ1v) is 12.0. The van der Waals surface area contributed by atoms with Crippen LogP contribution < -0.4 is 10.2 Å². The number of anilines is 1. The Labute approximate surface area is 206 Å². The number of aromatic hydroxyl groups is 2. The number of hydrogen-bond acceptors (Lipinski definition) is 7. The van der Waals surface area contributed by atoms with Crippen molar-refractivity contribution >= 4 is 11.6 Å². The highest BCUT2D eigenvalue weighted by atomic mass is 16.3. The standard InChI is InChI=1S/C26H34N6O3/c1-16(2)20-14-21(23(34)15-22(20)33)24-28-29-25(26(35)27-17(3)4)32(24)19-8-6-18(7-9-19)31-12-10-30(5)11-13-31/h6-9,14-17,33-34H,10-13H2,1-5H3,(H,27,35). The number of benzene rings is 2. The largest absolute Gasteiger partial charge is 0.508 e. The van der Waals surface area contributed by atoms with Gasteiger partial charge in [0.2, 0.25) is 5.82 Å². The molecule has 1 fully saturated rings. The summed E-state index contributed by atoms with van der Waals surface area (Å²) in [6.07, 6.45) is 0. The van der Waals surface area contributed by atoms with Crippen molar-refractivity contribution in [1.29, 1.82) is 0 Å². The van der Waals surface area contributed by atoms with Gasteiger partial charge < -0.3 is 25.3 Å². The van der Waals surface area contributed by atoms with Gasteiger partial charge in [0, 0.05) is 49.7 Å². The van der Waals surface area contributed by atoms with Gasteiger partial charge in [0.05, 0.1) is 5.56 Å². The van der Waals surface area contributed by atoms with Crippen LogP contribution in [-0.4, -0.2) is 75.1 Å². The zero-order chi connectivity index (χ0) is 25.3. The Hall–Kier alpha value is -3.59. The predicted octanol–water partition coefficient (Wildman–Crippen LogP) is 3.36. The Morgan fingerprint density at radius 1 is 0.914 bits per heavy atom. The fourth-order valence-electron chi connectivity index (χ4n) is 4.29. The molecule has 9 nitrogen and oxygen atoms in total. The number of phenols is 2. The summed E-state index contributed by atoms with van der Waals surface area (Å²) in [5, 5.41) is 32.4. The first kappa shape index (κ1) is 24.5. The maximum Gasteiger partial charge on any atom is 0.289 e. The maximum atomic E-state index is 13.0. The van der Waals surface area contributed by atoms with Crippen molar-refractivity contribution < 1.29 is 15.0 Å². The van der Waals surface area contributed by atoms with Gasteiger partial charge in [0.25, 0.3) is 5.91 Å². The minimum atomic E-state index is -0.357. The van der Waals surface area contributed by atoms with E-state index in [1.807, 2.05) is 52.0 Å². The predicted molar refractivity (Wildman–Crippen MR) is 137 cm³/mol. The average Bonchev–Trinajstić information content (AvgIpc) is 3.24. The Bertz CT molecular complexity index is 1190. The molecule has 1 aliphatic heterocycles. The number of piperazine rings is 1. The van der Waals surface area contributed by atoms with E-state index in [1.165, 1.54) is 6.07 Å². The lowest BCUT2D eigenvalue weighted by Gasteiger charge is -2.34. The molecule has 0 saturated carbocycles. The molecule has 186 valence electrons. The van der Waals surface area contributed by atoms with E-state index in [1.54, 1.807) is 10.6 Å². The van der Waals surface area contributed by atoms with Crippen LogP contribution in [0.15, 0.2) is 36.4 Å². The van der Waals surface area contributed by atoms with Gasteiger partial charge in [-0.15, -0.1) is 10.2 Å². The zero-order valence-electron chi connectivity index (χ0n) is 21.0. The van der Waals surface area contributed by atoms with E-state index < -0.39 is 0 Å². The SMILES string of the molecule is CC(C)NC(=O)c1nnc(-c2cc(C(C)C)c(O)cc2O)n1-c1ccc(N2CCN(C)CC2)cc1. The molecule has 1 aromatic heterocycles. The van der Waals surface area contributed by atoms with Crippen molar-refractivity contribution in [3.63, 3.8) is 0 Å². The van der Waals surface area contributed by atoms with Crippen LogP contribution in [0.3, 0.4) is 0 Å². The summed E-state index contributed by atoms with van der Waals surface area (Å²) in [5.74, 6) is -0.00105. The molecular formula is C26H34N6O3. The summed E-state index contributed by atoms with van der Waals surface area (Å²) in [5.41, 5.74) is 2.88. The molecule has 9 heteroatoms. The minimum absolute atomic E-state index is 0.0154. The number of aromatic nitrogens is 3. The van der Waals surface area contributed by atoms with Crippen LogP contribution in [0.5, 0.6) is 11.5 Å². The lowest BCUT2D eigenvalue weighted by Crippen LogP contribution is -2.44. The second-order valence-corrected chi connectivity index (χ2v) is 9.70. The molecule has 0 unspecified atom stereocenters. The van der Waals surface area contributed by atoms with Gasteiger partial charge >= 0.3 is 0 Å². The van der Waals surface area contributed by atoms with E-state index in [0.29, 0.717) is 22.6 Å². The maximum absolute atomic E-state index is 13.0. The first-order chi connectivity index (χ1) is 16.7. The minimum Gasteiger partial charge on any atom is -0.508 e. The summed E-state index contributed by atoms with van der Waals surface area (Å²) in [6.45, 7) is 11.6. The fraction of sp³-hybridized carbons (Fsp3) is 0.423. The van der Waals surface area contributed by atoms with Gasteiger partial charge in [-0.05, 0) is 62.7 Å². The van der Waals surface area contributed by atoms with Gasteiger partial charge in [-0.3, -0.25) is 9.36 Å². The highest BCUT2D eigenvalue weighted by Gasteiger charge is 2.25. The number of hydrogen-bond donors (Lipinski definition) is 3. The molecule has 4 rings (SSSR count). The lowest BCUT2D eigenvalue weighted by atomic mass is 9.98. The van der Waals surface area contributed by atoms with Crippen molar-refractivity contribution in [1.82, 2.24) is 25.0 Å². The van der Waals surface area contributed by atoms with Gasteiger partial charge in [0.15, 0.2) is 5.82 Å². The molecule has 35 heavy (non-hydrogen) atoms. The van der Waals surface area contributed by atoms with E-state index in [-0.39, 0.29) is 35.2 Å². The number of nitrogens with one attached hydrogen (secondary N) is 1. The number of rotatable bonds is 6. The van der Waals surface area contributed by atoms with Gasteiger partial charge in [-0.2, -0.15) is 0 Å². The van der Waals surface area contributed by atoms with E-state index in [9.17, 15) is 15.0 Å². The molecule has 2 heterocycles. The Balaban J connectivity index is 1.80. The second kappa shape index (κ2) is 9.95. The number of likely N-dealkylation sites (N-methyl/N-ethyl adjacent to an activating group) is 1. The van der Waals surface area contributed by atoms with Crippen molar-refractivity contribution in [2.75, 3.05) is 38.1 Å². The Morgan fingerprint density at radius 2 is 1.54 bits per heavy atom. The zero-order valence-corrected chi connectivity index (χ0v) is 21.0. The average molecular weight is 479 g/mol. The summed E-state index contributed by atoms with van der Waals surface area (Å²) in [7, 11) is 2.13. The summed E-state index contributed by atoms with van der Waals surface area (Å²) < 4.78 is 1.65. The quantitative estimate of drug-likeness (QED) is 0.499. The number of nitrogens with zero attached hydrogens (tertiary/aromatic N) is 5. The topological polar surface area (TPSA) is 107 Å². The van der Waals surface area contributed by atoms with Crippen LogP contribution in [0.2, 0.25) is 0 Å². The van der Waals surface area contributed by atoms with Crippen molar-refractivity contribution in [2.24, 2.45) is 0 Å². The van der Waals surface area contributed by atoms with Gasteiger partial charge in [-0.1, -0.05) is 13.8 Å². The van der Waals surface area contributed by atoms with E-state index in [4.69, 9.17) is 0 Å². The fourth-order valence-corrected chi connectivity index (χ4v) is 4.29. The molecule has 0 bridgehead atoms. The molecule has 3 N–H and O–H groups in total. The third-order valence-electron chi connectivity index (χ3n) is 6.27. The van der Waals surface area contributed by atoms with Gasteiger partial charge in [0.1, 0.15) is 11.5 Å². The number of phenolic OH excluding ortho intramolecular Hbond substituents is 2. The second-order valence-electron chi connectivity index (χ2n) is 9.70. The van der Waals surface area contributed by atoms with Crippen molar-refractivity contribution in [3.8, 4) is 28.6 Å². The Morgan fingerprint density at radius 3 is 2.14 bits per heavy atom. The van der Waals surface area contributed by atoms with Crippen LogP contribution in [0, 0.1) is 0 Å². The van der Waals surface area contributed by atoms with Gasteiger partial charge in [-0.25, -0.2) is 0 Å². The smallest absolute Gasteiger partial charge is 0.289 e. The number of amides is 1. The third kappa shape index (κ3) is 5.09. The molecule has 3 aromatic rings. The molecule has 2 aromatic carbocycles. The molecule has 0 radical (unpaired) electrons. The van der Waals surface area contributed by atoms with E-state index in [0.717, 1.165) is 31.9 Å². The van der Waals surface area contributed by atoms with Crippen LogP contribution in [0.25, 0.3) is 17.1 Å². The number of carbonyl (C=O) groups is 1. The summed E-state index contributed by atoms with van der Waals surface area (Å²) in [4.78, 5) is 17.6. The molecule has 1 saturated heterocycles. The number of carbonyl (C=O) groups excluding carboxylic acids is 1. The first-order valence-electron chi connectivity index (χ1n) is 12.0. The van der Waals surface area contributed by atoms with E-state index in [2.05, 4.69) is 32.4 Å². The molecular weight excluding hydrogens is 444 g/mol. The Kier molecular flexibility index (Phi) is 6.98. The van der Waals surface area contributed by atoms with Crippen LogP contribution >= 0.6 is 0 Å². The highest BCUT2D eigenvalue weighted by Crippen LogP contribution is 2.38. The lowest BCUT2D eigenvalue weighted by molar-refractivity contribution is 0.0930. The molecule has 0 atom stereocenters. The van der Waals surface area contributed by atoms with Crippen LogP contribution in [0.4, 0.5) is 5.69 Å². The van der Waals surface area contributed by atoms with Crippen LogP contribution in [-0.2, 0) is 0 Å². The molecule has 1 amide bonds.